The first-order valence-corrected chi connectivity index (χ1v) is 7.56. The predicted octanol–water partition coefficient (Wildman–Crippen LogP) is 1.77. The number of aliphatic hydroxyl groups is 1. The highest BCUT2D eigenvalue weighted by Crippen LogP contribution is 2.28. The molecule has 0 aliphatic carbocycles. The molecule has 0 bridgehead atoms. The second-order valence-corrected chi connectivity index (χ2v) is 5.59. The highest BCUT2D eigenvalue weighted by atomic mass is 16.8. The number of rotatable bonds is 5. The van der Waals surface area contributed by atoms with Crippen molar-refractivity contribution in [1.82, 2.24) is 9.55 Å². The summed E-state index contributed by atoms with van der Waals surface area (Å²) in [5.41, 5.74) is 2.59. The normalized spacial score (nSPS) is 12.9. The van der Waals surface area contributed by atoms with E-state index in [1.165, 1.54) is 0 Å². The van der Waals surface area contributed by atoms with Crippen LogP contribution in [0.25, 0.3) is 22.4 Å². The molecule has 0 saturated heterocycles. The first-order valence-electron chi connectivity index (χ1n) is 7.56. The summed E-state index contributed by atoms with van der Waals surface area (Å²) in [5, 5.41) is 27.9. The Hall–Kier alpha value is -2.25. The molecular weight excluding hydrogens is 294 g/mol. The zero-order chi connectivity index (χ0) is 16.4. The van der Waals surface area contributed by atoms with Gasteiger partial charge in [0.05, 0.1) is 11.6 Å². The van der Waals surface area contributed by atoms with Gasteiger partial charge in [0.1, 0.15) is 5.82 Å². The summed E-state index contributed by atoms with van der Waals surface area (Å²) >= 11 is 0. The molecule has 2 aromatic carbocycles. The molecule has 4 N–H and O–H groups in total. The van der Waals surface area contributed by atoms with E-state index in [9.17, 15) is 15.5 Å². The number of hydrogen-bond donors (Lipinski definition) is 4. The lowest BCUT2D eigenvalue weighted by Crippen LogP contribution is -3.01. The highest BCUT2D eigenvalue weighted by Gasteiger charge is 2.20. The molecule has 0 amide bonds. The monoisotopic (exact) mass is 314 g/mol. The summed E-state index contributed by atoms with van der Waals surface area (Å²) in [6.07, 6.45) is 0.168. The molecule has 0 spiro atoms. The number of para-hydroxylation sites is 1. The smallest absolute Gasteiger partial charge is 0.225 e. The average Bonchev–Trinajstić information content (AvgIpc) is 2.92. The summed E-state index contributed by atoms with van der Waals surface area (Å²) in [4.78, 5) is 4.62. The minimum absolute atomic E-state index is 0.301. The Morgan fingerprint density at radius 2 is 1.83 bits per heavy atom. The highest BCUT2D eigenvalue weighted by molar-refractivity contribution is 5.88. The first-order chi connectivity index (χ1) is 11.1. The molecular formula is C17H20N3O3+. The van der Waals surface area contributed by atoms with E-state index >= 15 is 0 Å². The van der Waals surface area contributed by atoms with Crippen molar-refractivity contribution in [1.29, 1.82) is 0 Å². The van der Waals surface area contributed by atoms with Crippen LogP contribution in [0, 0.1) is 0 Å². The molecule has 1 atom stereocenters. The Kier molecular flexibility index (Phi) is 4.40. The summed E-state index contributed by atoms with van der Waals surface area (Å²) < 4.78 is 2.00. The number of nitrogens with zero attached hydrogens (tertiary/aromatic N) is 2. The van der Waals surface area contributed by atoms with Crippen molar-refractivity contribution in [2.75, 3.05) is 0 Å². The van der Waals surface area contributed by atoms with E-state index in [1.807, 2.05) is 41.0 Å². The van der Waals surface area contributed by atoms with Crippen LogP contribution in [0.5, 0.6) is 0 Å². The van der Waals surface area contributed by atoms with Crippen LogP contribution in [0.4, 0.5) is 5.69 Å². The third-order valence-corrected chi connectivity index (χ3v) is 3.82. The van der Waals surface area contributed by atoms with Gasteiger partial charge in [0, 0.05) is 18.2 Å². The molecule has 0 radical (unpaired) electrons. The van der Waals surface area contributed by atoms with Gasteiger partial charge in [-0.15, -0.1) is 0 Å². The first kappa shape index (κ1) is 15.6. The molecule has 3 aromatic rings. The molecule has 23 heavy (non-hydrogen) atoms. The number of hydrogen-bond acceptors (Lipinski definition) is 4. The zero-order valence-corrected chi connectivity index (χ0v) is 12.8. The molecule has 6 heteroatoms. The Morgan fingerprint density at radius 3 is 2.48 bits per heavy atom. The van der Waals surface area contributed by atoms with E-state index in [-0.39, 0.29) is 0 Å². The lowest BCUT2D eigenvalue weighted by atomic mass is 10.2. The van der Waals surface area contributed by atoms with Crippen LogP contribution in [0.3, 0.4) is 0 Å². The van der Waals surface area contributed by atoms with Gasteiger partial charge in [-0.2, -0.15) is 10.4 Å². The lowest BCUT2D eigenvalue weighted by molar-refractivity contribution is -1.19. The van der Waals surface area contributed by atoms with Gasteiger partial charge in [-0.1, -0.05) is 36.4 Å². The van der Waals surface area contributed by atoms with Crippen molar-refractivity contribution < 1.29 is 20.7 Å². The quantitative estimate of drug-likeness (QED) is 0.541. The second kappa shape index (κ2) is 6.47. The van der Waals surface area contributed by atoms with Gasteiger partial charge in [-0.05, 0) is 24.6 Å². The molecule has 1 heterocycles. The number of nitrogens with one attached hydrogen (secondary N) is 1. The largest absolute Gasteiger partial charge is 0.393 e. The van der Waals surface area contributed by atoms with Crippen LogP contribution in [0.1, 0.15) is 13.3 Å². The molecule has 3 rings (SSSR count). The van der Waals surface area contributed by atoms with E-state index in [1.54, 1.807) is 19.1 Å². The van der Waals surface area contributed by atoms with Crippen LogP contribution in [-0.2, 0) is 6.54 Å². The Morgan fingerprint density at radius 1 is 1.09 bits per heavy atom. The van der Waals surface area contributed by atoms with Gasteiger partial charge in [0.25, 0.3) is 0 Å². The number of aliphatic hydroxyl groups excluding tert-OH is 1. The molecule has 0 fully saturated rings. The predicted molar refractivity (Wildman–Crippen MR) is 85.7 cm³/mol. The van der Waals surface area contributed by atoms with Crippen molar-refractivity contribution in [3.63, 3.8) is 0 Å². The van der Waals surface area contributed by atoms with E-state index in [2.05, 4.69) is 4.98 Å². The molecule has 120 valence electrons. The number of benzene rings is 2. The Bertz CT molecular complexity index is 797. The summed E-state index contributed by atoms with van der Waals surface area (Å²) in [7, 11) is 0. The van der Waals surface area contributed by atoms with Gasteiger partial charge in [-0.25, -0.2) is 4.98 Å². The maximum atomic E-state index is 9.61. The molecule has 6 nitrogen and oxygen atoms in total. The summed E-state index contributed by atoms with van der Waals surface area (Å²) in [5.74, 6) is 0.745. The molecule has 0 saturated carbocycles. The van der Waals surface area contributed by atoms with E-state index in [4.69, 9.17) is 0 Å². The van der Waals surface area contributed by atoms with Crippen molar-refractivity contribution in [3.05, 3.63) is 48.5 Å². The van der Waals surface area contributed by atoms with Crippen LogP contribution in [0.2, 0.25) is 0 Å². The van der Waals surface area contributed by atoms with Crippen LogP contribution >= 0.6 is 0 Å². The fraction of sp³-hybridized carbons (Fsp3) is 0.235. The maximum Gasteiger partial charge on any atom is 0.225 e. The van der Waals surface area contributed by atoms with Gasteiger partial charge in [0.15, 0.2) is 5.52 Å². The van der Waals surface area contributed by atoms with Gasteiger partial charge in [-0.3, -0.25) is 0 Å². The van der Waals surface area contributed by atoms with Crippen molar-refractivity contribution in [2.45, 2.75) is 26.0 Å². The van der Waals surface area contributed by atoms with Crippen molar-refractivity contribution in [3.8, 4) is 11.4 Å². The van der Waals surface area contributed by atoms with Crippen molar-refractivity contribution in [2.24, 2.45) is 0 Å². The maximum absolute atomic E-state index is 9.61. The van der Waals surface area contributed by atoms with Crippen LogP contribution in [-0.4, -0.2) is 31.2 Å². The summed E-state index contributed by atoms with van der Waals surface area (Å²) in [6, 6.07) is 15.0. The summed E-state index contributed by atoms with van der Waals surface area (Å²) in [6.45, 7) is 2.34. The van der Waals surface area contributed by atoms with E-state index < -0.39 is 11.3 Å². The zero-order valence-electron chi connectivity index (χ0n) is 12.8. The fourth-order valence-electron chi connectivity index (χ4n) is 2.68. The topological polar surface area (TPSA) is 83.0 Å². The molecule has 0 aliphatic rings. The Labute approximate surface area is 133 Å². The second-order valence-electron chi connectivity index (χ2n) is 5.59. The van der Waals surface area contributed by atoms with E-state index in [0.29, 0.717) is 24.2 Å². The van der Waals surface area contributed by atoms with Gasteiger partial charge >= 0.3 is 0 Å². The minimum Gasteiger partial charge on any atom is -0.393 e. The lowest BCUT2D eigenvalue weighted by Gasteiger charge is -2.10. The number of imidazole rings is 1. The number of aromatic nitrogens is 2. The van der Waals surface area contributed by atoms with Gasteiger partial charge < -0.3 is 9.67 Å². The number of quaternary nitrogens is 1. The molecule has 1 aromatic heterocycles. The number of fused-ring (bicyclic) bond motifs is 1. The number of aryl methyl sites for hydroxylation is 1. The third kappa shape index (κ3) is 3.11. The van der Waals surface area contributed by atoms with Gasteiger partial charge in [0.2, 0.25) is 5.69 Å². The Balaban J connectivity index is 2.20. The third-order valence-electron chi connectivity index (χ3n) is 3.82. The van der Waals surface area contributed by atoms with Crippen LogP contribution < -0.4 is 5.23 Å². The van der Waals surface area contributed by atoms with E-state index in [0.717, 1.165) is 16.9 Å². The standard InChI is InChI=1S/C17H19N3O3/c1-12(21)10-11-19-14-8-5-9-15(20(22)23)16(14)18-17(19)13-6-3-2-4-7-13/h2-9,12,21-23H,10-11H2,1H3/p+1. The van der Waals surface area contributed by atoms with Crippen molar-refractivity contribution >= 4 is 16.7 Å². The minimum atomic E-state index is -0.740. The van der Waals surface area contributed by atoms with Crippen LogP contribution in [0.15, 0.2) is 48.5 Å². The molecule has 1 unspecified atom stereocenters. The average molecular weight is 314 g/mol. The SMILES string of the molecule is CC(O)CCn1c(-c2ccccc2)nc2c([NH+](O)O)cccc21. The fourth-order valence-corrected chi connectivity index (χ4v) is 2.68. The molecule has 0 aliphatic heterocycles.